The van der Waals surface area contributed by atoms with Gasteiger partial charge in [-0.05, 0) is 0 Å². The molecular formula is C29H53OScSi3. The van der Waals surface area contributed by atoms with Gasteiger partial charge in [0, 0.05) is 0 Å². The quantitative estimate of drug-likeness (QED) is 0.296. The van der Waals surface area contributed by atoms with E-state index in [1.165, 1.54) is 22.4 Å². The topological polar surface area (TPSA) is 9.23 Å². The molecule has 0 aromatic heterocycles. The summed E-state index contributed by atoms with van der Waals surface area (Å²) < 4.78 is 9.80. The first kappa shape index (κ1) is 30.2. The van der Waals surface area contributed by atoms with Crippen LogP contribution in [-0.4, -0.2) is 31.3 Å². The van der Waals surface area contributed by atoms with Gasteiger partial charge in [-0.3, -0.25) is 0 Å². The molecule has 1 atom stereocenters. The fourth-order valence-corrected chi connectivity index (χ4v) is 44.2. The van der Waals surface area contributed by atoms with E-state index < -0.39 is 45.7 Å². The fourth-order valence-electron chi connectivity index (χ4n) is 6.71. The van der Waals surface area contributed by atoms with Crippen molar-refractivity contribution in [3.63, 3.8) is 0 Å². The van der Waals surface area contributed by atoms with Crippen molar-refractivity contribution in [3.8, 4) is 5.75 Å². The van der Waals surface area contributed by atoms with Crippen molar-refractivity contribution in [3.05, 3.63) is 46.6 Å². The van der Waals surface area contributed by atoms with Gasteiger partial charge in [-0.1, -0.05) is 0 Å². The molecule has 0 saturated carbocycles. The van der Waals surface area contributed by atoms with Crippen LogP contribution in [0.3, 0.4) is 0 Å². The van der Waals surface area contributed by atoms with Crippen molar-refractivity contribution < 1.29 is 26.2 Å². The molecule has 0 fully saturated rings. The molecule has 1 aliphatic carbocycles. The van der Waals surface area contributed by atoms with E-state index in [2.05, 4.69) is 118 Å². The molecule has 0 spiro atoms. The summed E-state index contributed by atoms with van der Waals surface area (Å²) in [6.45, 7) is 35.2. The number of ether oxygens (including phenoxy) is 1. The zero-order chi connectivity index (χ0) is 26.5. The number of aryl methyl sites for hydroxylation is 1. The van der Waals surface area contributed by atoms with Gasteiger partial charge in [0.25, 0.3) is 0 Å². The van der Waals surface area contributed by atoms with Gasteiger partial charge < -0.3 is 0 Å². The summed E-state index contributed by atoms with van der Waals surface area (Å²) in [4.78, 5) is 0. The number of hydrogen-bond acceptors (Lipinski definition) is 1. The van der Waals surface area contributed by atoms with Crippen LogP contribution < -0.4 is 9.92 Å². The third-order valence-electron chi connectivity index (χ3n) is 7.87. The van der Waals surface area contributed by atoms with Crippen LogP contribution in [0.2, 0.25) is 62.8 Å². The summed E-state index contributed by atoms with van der Waals surface area (Å²) in [6.07, 6.45) is 5.35. The molecular weight excluding hydrogens is 494 g/mol. The van der Waals surface area contributed by atoms with Crippen molar-refractivity contribution >= 4 is 29.4 Å². The van der Waals surface area contributed by atoms with Crippen molar-refractivity contribution in [1.82, 2.24) is 0 Å². The number of benzene rings is 1. The molecule has 1 aromatic carbocycles. The molecule has 5 heteroatoms. The molecule has 2 rings (SSSR count). The molecule has 1 aliphatic rings. The Bertz CT molecular complexity index is 955. The second-order valence-electron chi connectivity index (χ2n) is 15.1. The van der Waals surface area contributed by atoms with Gasteiger partial charge in [-0.25, -0.2) is 0 Å². The maximum atomic E-state index is 6.33. The zero-order valence-electron chi connectivity index (χ0n) is 25.2. The number of rotatable bonds is 8. The molecule has 1 aromatic rings. The standard InChI is InChI=1S/C21H31OSi.2C4H11Si.Sc/c1-14-10-16(3)18(12-14)23(8,9)19-13-15(2)11-17(20(19)22-7)21(4,5)6;2*1-5(2,3)4;/h10-13H,1-9H3;2*1H2,2-4H3;. The third kappa shape index (κ3) is 6.28. The van der Waals surface area contributed by atoms with Crippen molar-refractivity contribution in [2.45, 2.75) is 110 Å². The van der Waals surface area contributed by atoms with Crippen LogP contribution in [0, 0.1) is 6.92 Å². The van der Waals surface area contributed by atoms with Crippen LogP contribution in [-0.2, 0) is 26.9 Å². The number of allylic oxidation sites excluding steroid dienone is 4. The zero-order valence-corrected chi connectivity index (χ0v) is 30.0. The van der Waals surface area contributed by atoms with Crippen LogP contribution in [0.4, 0.5) is 0 Å². The molecule has 0 heterocycles. The van der Waals surface area contributed by atoms with E-state index in [9.17, 15) is 0 Å². The van der Waals surface area contributed by atoms with Crippen molar-refractivity contribution in [1.29, 1.82) is 0 Å². The van der Waals surface area contributed by atoms with Crippen molar-refractivity contribution in [2.75, 3.05) is 7.11 Å². The first-order valence-electron chi connectivity index (χ1n) is 13.2. The Labute approximate surface area is 223 Å². The third-order valence-corrected chi connectivity index (χ3v) is 39.8. The fraction of sp³-hybridized carbons (Fsp3) is 0.655. The molecule has 190 valence electrons. The van der Waals surface area contributed by atoms with E-state index in [1.54, 1.807) is 18.4 Å². The van der Waals surface area contributed by atoms with Gasteiger partial charge in [0.05, 0.1) is 0 Å². The first-order valence-corrected chi connectivity index (χ1v) is 27.1. The average Bonchev–Trinajstić information content (AvgIpc) is 2.92. The Morgan fingerprint density at radius 1 is 0.853 bits per heavy atom. The monoisotopic (exact) mass is 546 g/mol. The Morgan fingerprint density at radius 2 is 1.35 bits per heavy atom. The molecule has 1 unspecified atom stereocenters. The summed E-state index contributed by atoms with van der Waals surface area (Å²) in [5, 5.41) is 1.56. The van der Waals surface area contributed by atoms with Gasteiger partial charge in [0.15, 0.2) is 0 Å². The maximum absolute atomic E-state index is 6.33. The van der Waals surface area contributed by atoms with Crippen LogP contribution in [0.1, 0.15) is 45.7 Å². The van der Waals surface area contributed by atoms with Crippen LogP contribution in [0.25, 0.3) is 0 Å². The second-order valence-corrected chi connectivity index (χ2v) is 39.1. The summed E-state index contributed by atoms with van der Waals surface area (Å²) in [6, 6.07) is 4.89. The van der Waals surface area contributed by atoms with Gasteiger partial charge in [-0.15, -0.1) is 0 Å². The Morgan fingerprint density at radius 3 is 1.71 bits per heavy atom. The molecule has 0 amide bonds. The van der Waals surface area contributed by atoms with Gasteiger partial charge in [0.1, 0.15) is 0 Å². The molecule has 0 aliphatic heterocycles. The Balaban J connectivity index is 2.95. The van der Waals surface area contributed by atoms with E-state index in [1.807, 2.05) is 7.11 Å². The summed E-state index contributed by atoms with van der Waals surface area (Å²) in [5.74, 6) is 1.18. The van der Waals surface area contributed by atoms with Crippen LogP contribution >= 0.6 is 0 Å². The summed E-state index contributed by atoms with van der Waals surface area (Å²) in [7, 11) is -2.51. The van der Waals surface area contributed by atoms with Gasteiger partial charge in [-0.2, -0.15) is 0 Å². The van der Waals surface area contributed by atoms with Crippen LogP contribution in [0.15, 0.2) is 35.4 Å². The van der Waals surface area contributed by atoms with E-state index >= 15 is 0 Å². The second kappa shape index (κ2) is 10.1. The average molecular weight is 547 g/mol. The number of methoxy groups -OCH3 is 1. The van der Waals surface area contributed by atoms with E-state index in [0.717, 1.165) is 0 Å². The SMILES string of the molecule is COc1c(C(C)(C)C)cc(C)cc1[Si](C)(C)[C]1([Sc]([CH2][Si](C)(C)C)[CH2][Si](C)(C)C)C=C(C)C=C1C. The predicted molar refractivity (Wildman–Crippen MR) is 160 cm³/mol. The minimum absolute atomic E-state index is 0.0630. The predicted octanol–water partition coefficient (Wildman–Crippen LogP) is 9.03. The molecule has 0 bridgehead atoms. The summed E-state index contributed by atoms with van der Waals surface area (Å²) in [5.41, 5.74) is 6.01. The first-order chi connectivity index (χ1) is 15.2. The molecule has 0 radical (unpaired) electrons. The van der Waals surface area contributed by atoms with Crippen molar-refractivity contribution in [2.24, 2.45) is 0 Å². The number of hydrogen-bond donors (Lipinski definition) is 0. The molecule has 0 saturated heterocycles. The van der Waals surface area contributed by atoms with Crippen LogP contribution in [0.5, 0.6) is 5.75 Å². The van der Waals surface area contributed by atoms with E-state index in [-0.39, 0.29) is 5.41 Å². The van der Waals surface area contributed by atoms with E-state index in [0.29, 0.717) is 2.79 Å². The molecule has 1 nitrogen and oxygen atoms in total. The molecule has 0 N–H and O–H groups in total. The van der Waals surface area contributed by atoms with E-state index in [4.69, 9.17) is 4.74 Å². The molecule has 34 heavy (non-hydrogen) atoms. The minimum atomic E-state index is -2.01. The van der Waals surface area contributed by atoms with Gasteiger partial charge >= 0.3 is 225 Å². The summed E-state index contributed by atoms with van der Waals surface area (Å²) >= 11 is -1.84. The normalized spacial score (nSPS) is 19.7. The van der Waals surface area contributed by atoms with Gasteiger partial charge in [0.2, 0.25) is 0 Å². The Kier molecular flexibility index (Phi) is 8.95. The Hall–Kier alpha value is 0.0208.